The first kappa shape index (κ1) is 10.4. The zero-order valence-electron chi connectivity index (χ0n) is 8.35. The van der Waals surface area contributed by atoms with Gasteiger partial charge >= 0.3 is 0 Å². The van der Waals surface area contributed by atoms with Crippen LogP contribution in [0.15, 0.2) is 22.8 Å². The molecule has 0 saturated carbocycles. The smallest absolute Gasteiger partial charge is 0.218 e. The van der Waals surface area contributed by atoms with E-state index in [2.05, 4.69) is 5.32 Å². The summed E-state index contributed by atoms with van der Waals surface area (Å²) in [6.07, 6.45) is 2.29. The Morgan fingerprint density at radius 2 is 2.53 bits per heavy atom. The molecule has 0 aromatic carbocycles. The zero-order valence-corrected chi connectivity index (χ0v) is 8.35. The lowest BCUT2D eigenvalue weighted by Gasteiger charge is -2.20. The van der Waals surface area contributed by atoms with E-state index in [1.807, 2.05) is 0 Å². The van der Waals surface area contributed by atoms with Crippen molar-refractivity contribution >= 4 is 5.78 Å². The molecule has 2 N–H and O–H groups in total. The molecular formula is C10H14N2O3. The maximum atomic E-state index is 11.9. The largest absolute Gasteiger partial charge is 0.461 e. The van der Waals surface area contributed by atoms with Crippen molar-refractivity contribution in [3.63, 3.8) is 0 Å². The van der Waals surface area contributed by atoms with E-state index in [-0.39, 0.29) is 5.78 Å². The Morgan fingerprint density at radius 1 is 1.67 bits per heavy atom. The van der Waals surface area contributed by atoms with E-state index in [4.69, 9.17) is 4.42 Å². The average Bonchev–Trinajstić information content (AvgIpc) is 2.68. The van der Waals surface area contributed by atoms with Gasteiger partial charge in [-0.2, -0.15) is 5.06 Å². The van der Waals surface area contributed by atoms with Crippen LogP contribution in [0.5, 0.6) is 0 Å². The van der Waals surface area contributed by atoms with E-state index in [0.717, 1.165) is 18.0 Å². The van der Waals surface area contributed by atoms with Crippen molar-refractivity contribution in [1.29, 1.82) is 0 Å². The van der Waals surface area contributed by atoms with Gasteiger partial charge in [-0.3, -0.25) is 4.79 Å². The minimum atomic E-state index is -0.543. The summed E-state index contributed by atoms with van der Waals surface area (Å²) in [5.41, 5.74) is 0. The molecule has 1 aromatic heterocycles. The lowest BCUT2D eigenvalue weighted by molar-refractivity contribution is -0.109. The van der Waals surface area contributed by atoms with Gasteiger partial charge in [0.1, 0.15) is 6.04 Å². The predicted molar refractivity (Wildman–Crippen MR) is 52.8 cm³/mol. The van der Waals surface area contributed by atoms with Crippen LogP contribution in [0.4, 0.5) is 0 Å². The normalized spacial score (nSPS) is 23.7. The second kappa shape index (κ2) is 4.57. The molecule has 15 heavy (non-hydrogen) atoms. The van der Waals surface area contributed by atoms with Gasteiger partial charge in [0.15, 0.2) is 5.76 Å². The fraction of sp³-hybridized carbons (Fsp3) is 0.500. The highest BCUT2D eigenvalue weighted by Crippen LogP contribution is 2.10. The Balaban J connectivity index is 2.11. The monoisotopic (exact) mass is 210 g/mol. The van der Waals surface area contributed by atoms with Gasteiger partial charge in [-0.25, -0.2) is 0 Å². The van der Waals surface area contributed by atoms with Crippen LogP contribution < -0.4 is 5.32 Å². The first-order chi connectivity index (χ1) is 7.29. The third-order valence-electron chi connectivity index (χ3n) is 2.50. The number of Topliss-reactive ketones (excluding diaryl/α,β-unsaturated/α-hetero) is 1. The lowest BCUT2D eigenvalue weighted by atomic mass is 10.1. The molecule has 2 heterocycles. The summed E-state index contributed by atoms with van der Waals surface area (Å²) in [5, 5.41) is 13.8. The molecule has 0 aliphatic carbocycles. The number of furan rings is 1. The molecule has 5 heteroatoms. The summed E-state index contributed by atoms with van der Waals surface area (Å²) in [6, 6.07) is 2.74. The van der Waals surface area contributed by atoms with Crippen LogP contribution in [-0.2, 0) is 0 Å². The maximum Gasteiger partial charge on any atom is 0.218 e. The van der Waals surface area contributed by atoms with Crippen molar-refractivity contribution in [2.75, 3.05) is 19.6 Å². The summed E-state index contributed by atoms with van der Waals surface area (Å²) in [4.78, 5) is 11.9. The Bertz CT molecular complexity index is 323. The van der Waals surface area contributed by atoms with Gasteiger partial charge in [0.25, 0.3) is 0 Å². The number of ketones is 1. The fourth-order valence-corrected chi connectivity index (χ4v) is 1.68. The van der Waals surface area contributed by atoms with Crippen LogP contribution >= 0.6 is 0 Å². The van der Waals surface area contributed by atoms with E-state index in [0.29, 0.717) is 18.8 Å². The third-order valence-corrected chi connectivity index (χ3v) is 2.50. The topological polar surface area (TPSA) is 65.7 Å². The SMILES string of the molecule is O=C(c1ccco1)C1CNCCCN1O. The van der Waals surface area contributed by atoms with E-state index in [1.54, 1.807) is 12.1 Å². The van der Waals surface area contributed by atoms with Gasteiger partial charge in [-0.15, -0.1) is 0 Å². The molecule has 1 aliphatic rings. The molecule has 2 rings (SSSR count). The Labute approximate surface area is 87.6 Å². The van der Waals surface area contributed by atoms with Crippen LogP contribution in [-0.4, -0.2) is 41.7 Å². The number of rotatable bonds is 2. The second-order valence-corrected chi connectivity index (χ2v) is 3.58. The number of hydrogen-bond acceptors (Lipinski definition) is 5. The Hall–Kier alpha value is -1.17. The van der Waals surface area contributed by atoms with Crippen LogP contribution in [0.2, 0.25) is 0 Å². The molecule has 1 aliphatic heterocycles. The van der Waals surface area contributed by atoms with Crippen LogP contribution in [0.25, 0.3) is 0 Å². The van der Waals surface area contributed by atoms with Gasteiger partial charge in [0.2, 0.25) is 5.78 Å². The standard InChI is InChI=1S/C10H14N2O3/c13-10(9-3-1-6-15-9)8-7-11-4-2-5-12(8)14/h1,3,6,8,11,14H,2,4-5,7H2. The number of hydrogen-bond donors (Lipinski definition) is 2. The molecule has 1 atom stereocenters. The number of hydroxylamine groups is 2. The summed E-state index contributed by atoms with van der Waals surface area (Å²) in [7, 11) is 0. The minimum Gasteiger partial charge on any atom is -0.461 e. The molecule has 0 spiro atoms. The summed E-state index contributed by atoms with van der Waals surface area (Å²) in [6.45, 7) is 1.78. The van der Waals surface area contributed by atoms with Gasteiger partial charge < -0.3 is 14.9 Å². The van der Waals surface area contributed by atoms with Crippen molar-refractivity contribution in [3.05, 3.63) is 24.2 Å². The van der Waals surface area contributed by atoms with Crippen LogP contribution in [0.1, 0.15) is 17.0 Å². The molecule has 0 amide bonds. The minimum absolute atomic E-state index is 0.183. The molecule has 0 radical (unpaired) electrons. The number of nitrogens with one attached hydrogen (secondary N) is 1. The number of carbonyl (C=O) groups excluding carboxylic acids is 1. The van der Waals surface area contributed by atoms with E-state index >= 15 is 0 Å². The maximum absolute atomic E-state index is 11.9. The van der Waals surface area contributed by atoms with Gasteiger partial charge in [-0.05, 0) is 25.1 Å². The van der Waals surface area contributed by atoms with Crippen molar-refractivity contribution in [1.82, 2.24) is 10.4 Å². The highest BCUT2D eigenvalue weighted by Gasteiger charge is 2.28. The Morgan fingerprint density at radius 3 is 3.27 bits per heavy atom. The van der Waals surface area contributed by atoms with Crippen molar-refractivity contribution in [2.45, 2.75) is 12.5 Å². The van der Waals surface area contributed by atoms with Gasteiger partial charge in [0.05, 0.1) is 6.26 Å². The first-order valence-electron chi connectivity index (χ1n) is 5.03. The lowest BCUT2D eigenvalue weighted by Crippen LogP contribution is -2.43. The zero-order chi connectivity index (χ0) is 10.7. The van der Waals surface area contributed by atoms with Crippen molar-refractivity contribution in [2.24, 2.45) is 0 Å². The van der Waals surface area contributed by atoms with Crippen LogP contribution in [0, 0.1) is 0 Å². The molecule has 82 valence electrons. The molecule has 5 nitrogen and oxygen atoms in total. The summed E-state index contributed by atoms with van der Waals surface area (Å²) < 4.78 is 5.02. The summed E-state index contributed by atoms with van der Waals surface area (Å²) in [5.74, 6) is 0.111. The fourth-order valence-electron chi connectivity index (χ4n) is 1.68. The third kappa shape index (κ3) is 2.26. The molecular weight excluding hydrogens is 196 g/mol. The van der Waals surface area contributed by atoms with Crippen molar-refractivity contribution < 1.29 is 14.4 Å². The highest BCUT2D eigenvalue weighted by atomic mass is 16.5. The molecule has 1 fully saturated rings. The van der Waals surface area contributed by atoms with Crippen molar-refractivity contribution in [3.8, 4) is 0 Å². The summed E-state index contributed by atoms with van der Waals surface area (Å²) >= 11 is 0. The average molecular weight is 210 g/mol. The molecule has 1 aromatic rings. The van der Waals surface area contributed by atoms with Gasteiger partial charge in [0, 0.05) is 13.1 Å². The quantitative estimate of drug-likeness (QED) is 0.696. The Kier molecular flexibility index (Phi) is 3.15. The molecule has 1 saturated heterocycles. The number of nitrogens with zero attached hydrogens (tertiary/aromatic N) is 1. The molecule has 1 unspecified atom stereocenters. The predicted octanol–water partition coefficient (Wildman–Crippen LogP) is 0.515. The molecule has 0 bridgehead atoms. The second-order valence-electron chi connectivity index (χ2n) is 3.58. The van der Waals surface area contributed by atoms with E-state index in [9.17, 15) is 10.0 Å². The van der Waals surface area contributed by atoms with Crippen LogP contribution in [0.3, 0.4) is 0 Å². The van der Waals surface area contributed by atoms with E-state index in [1.165, 1.54) is 6.26 Å². The first-order valence-corrected chi connectivity index (χ1v) is 5.03. The van der Waals surface area contributed by atoms with Gasteiger partial charge in [-0.1, -0.05) is 0 Å². The van der Waals surface area contributed by atoms with E-state index < -0.39 is 6.04 Å². The highest BCUT2D eigenvalue weighted by molar-refractivity contribution is 5.97. The number of carbonyl (C=O) groups is 1.